The summed E-state index contributed by atoms with van der Waals surface area (Å²) in [6.07, 6.45) is 1.33. The van der Waals surface area contributed by atoms with Crippen LogP contribution in [-0.2, 0) is 11.2 Å². The number of amides is 1. The predicted octanol–water partition coefficient (Wildman–Crippen LogP) is 9.10. The van der Waals surface area contributed by atoms with Crippen LogP contribution in [0.15, 0.2) is 42.5 Å². The molecular formula is C29H44INO4Si. The molecule has 5 nitrogen and oxygen atoms in total. The minimum absolute atomic E-state index is 0.372. The van der Waals surface area contributed by atoms with Gasteiger partial charge in [-0.3, -0.25) is 0 Å². The molecule has 1 amide bonds. The van der Waals surface area contributed by atoms with Crippen LogP contribution in [0.4, 0.5) is 4.79 Å². The van der Waals surface area contributed by atoms with Crippen LogP contribution < -0.4 is 14.5 Å². The molecule has 0 heterocycles. The van der Waals surface area contributed by atoms with Gasteiger partial charge >= 0.3 is 6.09 Å². The number of alkyl carbamates (subject to hydrolysis) is 1. The Kier molecular flexibility index (Phi) is 11.2. The zero-order chi connectivity index (χ0) is 27.1. The number of carbonyl (C=O) groups excluding carboxylic acids is 1. The lowest BCUT2D eigenvalue weighted by Crippen LogP contribution is -2.50. The maximum Gasteiger partial charge on any atom is 0.407 e. The van der Waals surface area contributed by atoms with Crippen molar-refractivity contribution >= 4 is 37.0 Å². The van der Waals surface area contributed by atoms with Crippen LogP contribution >= 0.6 is 22.6 Å². The third kappa shape index (κ3) is 8.68. The fraction of sp³-hybridized carbons (Fsp3) is 0.552. The summed E-state index contributed by atoms with van der Waals surface area (Å²) in [6.45, 7) is 19.9. The van der Waals surface area contributed by atoms with Gasteiger partial charge in [-0.05, 0) is 115 Å². The lowest BCUT2D eigenvalue weighted by molar-refractivity contribution is 0.0527. The van der Waals surface area contributed by atoms with Crippen molar-refractivity contribution in [1.82, 2.24) is 5.32 Å². The van der Waals surface area contributed by atoms with Crippen molar-refractivity contribution in [2.24, 2.45) is 0 Å². The number of halogens is 1. The number of carbonyl (C=O) groups is 1. The van der Waals surface area contributed by atoms with E-state index in [1.54, 1.807) is 0 Å². The van der Waals surface area contributed by atoms with E-state index in [1.807, 2.05) is 51.1 Å². The zero-order valence-corrected chi connectivity index (χ0v) is 26.6. The molecule has 2 aromatic rings. The molecule has 0 spiro atoms. The second-order valence-electron chi connectivity index (χ2n) is 11.3. The van der Waals surface area contributed by atoms with Gasteiger partial charge in [0, 0.05) is 6.54 Å². The van der Waals surface area contributed by atoms with E-state index in [4.69, 9.17) is 13.9 Å². The summed E-state index contributed by atoms with van der Waals surface area (Å²) in [6, 6.07) is 14.3. The molecule has 0 aromatic heterocycles. The molecule has 0 unspecified atom stereocenters. The number of rotatable bonds is 11. The first kappa shape index (κ1) is 30.5. The molecule has 0 aliphatic heterocycles. The molecule has 0 fully saturated rings. The van der Waals surface area contributed by atoms with Gasteiger partial charge in [0.25, 0.3) is 8.32 Å². The Labute approximate surface area is 233 Å². The highest BCUT2D eigenvalue weighted by atomic mass is 127. The summed E-state index contributed by atoms with van der Waals surface area (Å²) >= 11 is 2.31. The summed E-state index contributed by atoms with van der Waals surface area (Å²) in [4.78, 5) is 11.8. The number of hydrogen-bond donors (Lipinski definition) is 1. The summed E-state index contributed by atoms with van der Waals surface area (Å²) < 4.78 is 19.3. The number of hydrogen-bond acceptors (Lipinski definition) is 4. The van der Waals surface area contributed by atoms with E-state index in [1.165, 1.54) is 5.56 Å². The molecule has 2 aromatic carbocycles. The average molecular weight is 626 g/mol. The number of benzene rings is 2. The van der Waals surface area contributed by atoms with Crippen molar-refractivity contribution < 1.29 is 18.7 Å². The first-order valence-electron chi connectivity index (χ1n) is 13.0. The summed E-state index contributed by atoms with van der Waals surface area (Å²) in [5.41, 5.74) is 2.31. The maximum absolute atomic E-state index is 11.8. The largest absolute Gasteiger partial charge is 0.543 e. The Balaban J connectivity index is 1.96. The Morgan fingerprint density at radius 2 is 1.47 bits per heavy atom. The van der Waals surface area contributed by atoms with E-state index in [0.29, 0.717) is 23.2 Å². The Morgan fingerprint density at radius 3 is 1.97 bits per heavy atom. The van der Waals surface area contributed by atoms with Gasteiger partial charge in [-0.25, -0.2) is 4.79 Å². The van der Waals surface area contributed by atoms with E-state index in [9.17, 15) is 4.79 Å². The highest BCUT2D eigenvalue weighted by Gasteiger charge is 2.46. The first-order chi connectivity index (χ1) is 16.7. The second kappa shape index (κ2) is 13.2. The molecule has 0 aliphatic carbocycles. The van der Waals surface area contributed by atoms with Gasteiger partial charge in [-0.2, -0.15) is 0 Å². The molecule has 0 saturated carbocycles. The first-order valence-corrected chi connectivity index (χ1v) is 16.2. The fourth-order valence-electron chi connectivity index (χ4n) is 4.84. The number of nitrogens with one attached hydrogen (secondary N) is 1. The van der Waals surface area contributed by atoms with Gasteiger partial charge in [-0.1, -0.05) is 47.6 Å². The maximum atomic E-state index is 11.8. The highest BCUT2D eigenvalue weighted by Crippen LogP contribution is 2.43. The second-order valence-corrected chi connectivity index (χ2v) is 17.8. The molecule has 0 aliphatic rings. The quantitative estimate of drug-likeness (QED) is 0.154. The molecular weight excluding hydrogens is 581 g/mol. The third-order valence-electron chi connectivity index (χ3n) is 6.36. The van der Waals surface area contributed by atoms with Crippen molar-refractivity contribution in [3.8, 4) is 17.2 Å². The molecule has 0 saturated heterocycles. The normalized spacial score (nSPS) is 12.2. The van der Waals surface area contributed by atoms with Gasteiger partial charge in [0.2, 0.25) is 0 Å². The van der Waals surface area contributed by atoms with Gasteiger partial charge in [0.05, 0.1) is 3.57 Å². The van der Waals surface area contributed by atoms with Crippen molar-refractivity contribution in [2.45, 2.75) is 97.4 Å². The zero-order valence-electron chi connectivity index (χ0n) is 23.4. The smallest absolute Gasteiger partial charge is 0.407 e. The molecule has 0 bridgehead atoms. The average Bonchev–Trinajstić information content (AvgIpc) is 2.76. The van der Waals surface area contributed by atoms with E-state index in [-0.39, 0.29) is 6.09 Å². The Bertz CT molecular complexity index is 962. The van der Waals surface area contributed by atoms with Crippen LogP contribution in [0.25, 0.3) is 0 Å². The molecule has 1 N–H and O–H groups in total. The highest BCUT2D eigenvalue weighted by molar-refractivity contribution is 14.1. The summed E-state index contributed by atoms with van der Waals surface area (Å²) in [5, 5.41) is 2.81. The lowest BCUT2D eigenvalue weighted by atomic mass is 10.1. The number of ether oxygens (including phenoxy) is 2. The molecule has 200 valence electrons. The van der Waals surface area contributed by atoms with Gasteiger partial charge in [-0.15, -0.1) is 0 Å². The lowest BCUT2D eigenvalue weighted by Gasteiger charge is -2.42. The Hall–Kier alpha value is -1.74. The fourth-order valence-corrected chi connectivity index (χ4v) is 10.8. The topological polar surface area (TPSA) is 56.8 Å². The predicted molar refractivity (Wildman–Crippen MR) is 160 cm³/mol. The number of aryl methyl sites for hydroxylation is 1. The van der Waals surface area contributed by atoms with Crippen LogP contribution in [0.5, 0.6) is 17.2 Å². The minimum Gasteiger partial charge on any atom is -0.543 e. The SMILES string of the molecule is CC(C)[Si](Oc1ccc(Oc2ccc(CCCNC(=O)OC(C)(C)C)cc2I)cc1)(C(C)C)C(C)C. The monoisotopic (exact) mass is 625 g/mol. The van der Waals surface area contributed by atoms with Gasteiger partial charge in [0.15, 0.2) is 0 Å². The molecule has 2 rings (SSSR count). The molecule has 7 heteroatoms. The van der Waals surface area contributed by atoms with Crippen LogP contribution in [-0.4, -0.2) is 26.6 Å². The van der Waals surface area contributed by atoms with E-state index in [0.717, 1.165) is 33.7 Å². The summed E-state index contributed by atoms with van der Waals surface area (Å²) in [7, 11) is -1.98. The van der Waals surface area contributed by atoms with Crippen molar-refractivity contribution in [3.63, 3.8) is 0 Å². The van der Waals surface area contributed by atoms with Crippen molar-refractivity contribution in [2.75, 3.05) is 6.54 Å². The van der Waals surface area contributed by atoms with E-state index < -0.39 is 13.9 Å². The minimum atomic E-state index is -1.98. The van der Waals surface area contributed by atoms with Crippen LogP contribution in [0.3, 0.4) is 0 Å². The van der Waals surface area contributed by atoms with Gasteiger partial charge in [0.1, 0.15) is 22.8 Å². The van der Waals surface area contributed by atoms with Crippen molar-refractivity contribution in [1.29, 1.82) is 0 Å². The van der Waals surface area contributed by atoms with E-state index >= 15 is 0 Å². The standard InChI is InChI=1S/C29H44INO4Si/c1-20(2)36(21(3)4,22(5)6)35-25-15-13-24(14-16-25)33-27-17-12-23(19-26(27)30)11-10-18-31-28(32)34-29(7,8)9/h12-17,19-22H,10-11,18H2,1-9H3,(H,31,32). The third-order valence-corrected chi connectivity index (χ3v) is 13.2. The molecule has 0 atom stereocenters. The molecule has 36 heavy (non-hydrogen) atoms. The summed E-state index contributed by atoms with van der Waals surface area (Å²) in [5.74, 6) is 2.55. The Morgan fingerprint density at radius 1 is 0.917 bits per heavy atom. The van der Waals surface area contributed by atoms with Crippen molar-refractivity contribution in [3.05, 3.63) is 51.6 Å². The van der Waals surface area contributed by atoms with Gasteiger partial charge < -0.3 is 19.2 Å². The molecule has 0 radical (unpaired) electrons. The van der Waals surface area contributed by atoms with Crippen LogP contribution in [0.2, 0.25) is 16.6 Å². The van der Waals surface area contributed by atoms with Crippen LogP contribution in [0, 0.1) is 3.57 Å². The van der Waals surface area contributed by atoms with E-state index in [2.05, 4.69) is 81.6 Å². The van der Waals surface area contributed by atoms with Crippen LogP contribution in [0.1, 0.15) is 74.3 Å².